The Kier molecular flexibility index (Phi) is 4.10. The van der Waals surface area contributed by atoms with Gasteiger partial charge in [0.2, 0.25) is 0 Å². The van der Waals surface area contributed by atoms with Gasteiger partial charge in [-0.05, 0) is 86.5 Å². The lowest BCUT2D eigenvalue weighted by Gasteiger charge is -2.55. The Labute approximate surface area is 149 Å². The number of hydrogen-bond acceptors (Lipinski definition) is 3. The molecule has 0 aromatic carbocycles. The highest BCUT2D eigenvalue weighted by Crippen LogP contribution is 2.65. The summed E-state index contributed by atoms with van der Waals surface area (Å²) in [5, 5.41) is 20.4. The monoisotopic (exact) mass is 346 g/mol. The molecule has 0 bridgehead atoms. The van der Waals surface area contributed by atoms with Crippen LogP contribution in [0.25, 0.3) is 0 Å². The maximum Gasteiger partial charge on any atom is 0.303 e. The summed E-state index contributed by atoms with van der Waals surface area (Å²) in [5.41, 5.74) is 0.426. The Balaban J connectivity index is 1.57. The third-order valence-electron chi connectivity index (χ3n) is 8.37. The lowest BCUT2D eigenvalue weighted by molar-refractivity contribution is -0.145. The van der Waals surface area contributed by atoms with Crippen LogP contribution in [0.5, 0.6) is 0 Å². The SMILES string of the molecule is C[C@]12CC[C@H]3[C@@H](CCC4=CC(=O)CC[C@@H]43)[C@@H]1CC[C@@]2(O)CCC(=O)O. The molecule has 4 rings (SSSR count). The van der Waals surface area contributed by atoms with Gasteiger partial charge in [0, 0.05) is 12.8 Å². The molecule has 3 fully saturated rings. The highest BCUT2D eigenvalue weighted by molar-refractivity contribution is 5.91. The Morgan fingerprint density at radius 1 is 1.16 bits per heavy atom. The van der Waals surface area contributed by atoms with Crippen LogP contribution in [0.1, 0.15) is 71.1 Å². The zero-order valence-corrected chi connectivity index (χ0v) is 15.2. The summed E-state index contributed by atoms with van der Waals surface area (Å²) < 4.78 is 0. The van der Waals surface area contributed by atoms with Gasteiger partial charge < -0.3 is 10.2 Å². The lowest BCUT2D eigenvalue weighted by Crippen LogP contribution is -2.52. The van der Waals surface area contributed by atoms with Crippen LogP contribution >= 0.6 is 0 Å². The first-order valence-corrected chi connectivity index (χ1v) is 10.0. The molecule has 6 atom stereocenters. The predicted molar refractivity (Wildman–Crippen MR) is 93.9 cm³/mol. The van der Waals surface area contributed by atoms with Crippen LogP contribution in [0.2, 0.25) is 0 Å². The van der Waals surface area contributed by atoms with Crippen LogP contribution in [0.4, 0.5) is 0 Å². The topological polar surface area (TPSA) is 74.6 Å². The standard InChI is InChI=1S/C21H30O4/c1-20-9-6-16-15-5-3-14(22)12-13(15)2-4-17(16)18(20)7-10-21(20,25)11-8-19(23)24/h12,15-18,25H,2-11H2,1H3,(H,23,24)/t15-,16+,17+,18-,20-,21+/m0/s1. The summed E-state index contributed by atoms with van der Waals surface area (Å²) in [5.74, 6) is 1.86. The van der Waals surface area contributed by atoms with E-state index >= 15 is 0 Å². The van der Waals surface area contributed by atoms with Crippen LogP contribution in [-0.2, 0) is 9.59 Å². The van der Waals surface area contributed by atoms with E-state index in [0.29, 0.717) is 42.3 Å². The third kappa shape index (κ3) is 2.59. The van der Waals surface area contributed by atoms with Crippen molar-refractivity contribution in [3.63, 3.8) is 0 Å². The third-order valence-corrected chi connectivity index (χ3v) is 8.37. The molecule has 0 saturated heterocycles. The summed E-state index contributed by atoms with van der Waals surface area (Å²) in [6, 6.07) is 0. The molecule has 0 aliphatic heterocycles. The smallest absolute Gasteiger partial charge is 0.303 e. The van der Waals surface area contributed by atoms with E-state index in [1.807, 2.05) is 6.08 Å². The van der Waals surface area contributed by atoms with Gasteiger partial charge >= 0.3 is 5.97 Å². The second-order valence-corrected chi connectivity index (χ2v) is 9.22. The van der Waals surface area contributed by atoms with E-state index in [2.05, 4.69) is 6.92 Å². The first-order chi connectivity index (χ1) is 11.8. The average molecular weight is 346 g/mol. The van der Waals surface area contributed by atoms with Crippen molar-refractivity contribution in [3.8, 4) is 0 Å². The fourth-order valence-corrected chi connectivity index (χ4v) is 7.02. The van der Waals surface area contributed by atoms with Gasteiger partial charge in [-0.1, -0.05) is 12.5 Å². The van der Waals surface area contributed by atoms with Gasteiger partial charge in [0.25, 0.3) is 0 Å². The van der Waals surface area contributed by atoms with E-state index < -0.39 is 11.6 Å². The number of allylic oxidation sites excluding steroid dienone is 1. The Morgan fingerprint density at radius 2 is 1.96 bits per heavy atom. The van der Waals surface area contributed by atoms with Crippen molar-refractivity contribution in [2.75, 3.05) is 0 Å². The van der Waals surface area contributed by atoms with Crippen LogP contribution < -0.4 is 0 Å². The highest BCUT2D eigenvalue weighted by atomic mass is 16.4. The van der Waals surface area contributed by atoms with Crippen molar-refractivity contribution in [2.45, 2.75) is 76.7 Å². The van der Waals surface area contributed by atoms with E-state index in [9.17, 15) is 14.7 Å². The molecular weight excluding hydrogens is 316 g/mol. The van der Waals surface area contributed by atoms with Crippen molar-refractivity contribution < 1.29 is 19.8 Å². The van der Waals surface area contributed by atoms with E-state index in [4.69, 9.17) is 5.11 Å². The molecule has 2 N–H and O–H groups in total. The molecule has 138 valence electrons. The van der Waals surface area contributed by atoms with Crippen molar-refractivity contribution >= 4 is 11.8 Å². The maximum atomic E-state index is 11.8. The molecule has 0 unspecified atom stereocenters. The molecule has 3 saturated carbocycles. The van der Waals surface area contributed by atoms with Crippen molar-refractivity contribution in [3.05, 3.63) is 11.6 Å². The number of aliphatic hydroxyl groups is 1. The number of carbonyl (C=O) groups is 2. The largest absolute Gasteiger partial charge is 0.481 e. The second-order valence-electron chi connectivity index (χ2n) is 9.22. The van der Waals surface area contributed by atoms with Crippen LogP contribution in [0.15, 0.2) is 11.6 Å². The van der Waals surface area contributed by atoms with Crippen molar-refractivity contribution in [2.24, 2.45) is 29.1 Å². The lowest BCUT2D eigenvalue weighted by atomic mass is 9.50. The first-order valence-electron chi connectivity index (χ1n) is 10.0. The molecule has 0 amide bonds. The minimum atomic E-state index is -0.820. The maximum absolute atomic E-state index is 11.8. The summed E-state index contributed by atoms with van der Waals surface area (Å²) in [6.45, 7) is 2.22. The molecule has 0 radical (unpaired) electrons. The summed E-state index contributed by atoms with van der Waals surface area (Å²) in [4.78, 5) is 22.8. The molecule has 0 spiro atoms. The second kappa shape index (κ2) is 5.94. The molecule has 0 heterocycles. The number of carbonyl (C=O) groups excluding carboxylic acids is 1. The highest BCUT2D eigenvalue weighted by Gasteiger charge is 2.61. The Morgan fingerprint density at radius 3 is 2.72 bits per heavy atom. The van der Waals surface area contributed by atoms with E-state index in [-0.39, 0.29) is 11.8 Å². The average Bonchev–Trinajstić information content (AvgIpc) is 2.84. The van der Waals surface area contributed by atoms with Gasteiger partial charge in [0.1, 0.15) is 0 Å². The van der Waals surface area contributed by atoms with E-state index in [0.717, 1.165) is 44.9 Å². The van der Waals surface area contributed by atoms with Gasteiger partial charge in [0.05, 0.1) is 5.60 Å². The zero-order valence-electron chi connectivity index (χ0n) is 15.2. The van der Waals surface area contributed by atoms with Crippen LogP contribution in [-0.4, -0.2) is 27.6 Å². The van der Waals surface area contributed by atoms with Gasteiger partial charge in [0.15, 0.2) is 5.78 Å². The fraction of sp³-hybridized carbons (Fsp3) is 0.810. The van der Waals surface area contributed by atoms with Crippen molar-refractivity contribution in [1.82, 2.24) is 0 Å². The summed E-state index contributed by atoms with van der Waals surface area (Å²) >= 11 is 0. The number of rotatable bonds is 3. The molecule has 0 aromatic heterocycles. The van der Waals surface area contributed by atoms with E-state index in [1.165, 1.54) is 5.57 Å². The van der Waals surface area contributed by atoms with Crippen LogP contribution in [0, 0.1) is 29.1 Å². The Bertz CT molecular complexity index is 623. The number of aliphatic carboxylic acids is 1. The normalized spacial score (nSPS) is 46.0. The van der Waals surface area contributed by atoms with Gasteiger partial charge in [-0.3, -0.25) is 9.59 Å². The van der Waals surface area contributed by atoms with E-state index in [1.54, 1.807) is 0 Å². The number of carboxylic acid groups (broad SMARTS) is 1. The molecule has 25 heavy (non-hydrogen) atoms. The zero-order chi connectivity index (χ0) is 17.8. The molecular formula is C21H30O4. The van der Waals surface area contributed by atoms with Gasteiger partial charge in [-0.15, -0.1) is 0 Å². The first kappa shape index (κ1) is 17.3. The fourth-order valence-electron chi connectivity index (χ4n) is 7.02. The molecule has 4 aliphatic carbocycles. The number of ketones is 1. The summed E-state index contributed by atoms with van der Waals surface area (Å²) in [7, 11) is 0. The predicted octanol–water partition coefficient (Wildman–Crippen LogP) is 3.72. The van der Waals surface area contributed by atoms with Crippen molar-refractivity contribution in [1.29, 1.82) is 0 Å². The Hall–Kier alpha value is -1.16. The number of carboxylic acids is 1. The quantitative estimate of drug-likeness (QED) is 0.816. The van der Waals surface area contributed by atoms with Gasteiger partial charge in [-0.25, -0.2) is 0 Å². The summed E-state index contributed by atoms with van der Waals surface area (Å²) in [6.07, 6.45) is 10.1. The minimum absolute atomic E-state index is 0.0600. The van der Waals surface area contributed by atoms with Gasteiger partial charge in [-0.2, -0.15) is 0 Å². The van der Waals surface area contributed by atoms with Crippen LogP contribution in [0.3, 0.4) is 0 Å². The molecule has 4 aliphatic rings. The number of hydrogen-bond donors (Lipinski definition) is 2. The molecule has 4 nitrogen and oxygen atoms in total. The minimum Gasteiger partial charge on any atom is -0.481 e. The molecule has 0 aromatic rings. The molecule has 4 heteroatoms. The number of fused-ring (bicyclic) bond motifs is 5.